The Morgan fingerprint density at radius 1 is 1.22 bits per heavy atom. The summed E-state index contributed by atoms with van der Waals surface area (Å²) in [7, 11) is 3.90. The predicted octanol–water partition coefficient (Wildman–Crippen LogP) is 1.38. The van der Waals surface area contributed by atoms with E-state index in [1.54, 1.807) is 0 Å². The normalized spacial score (nSPS) is 13.0. The van der Waals surface area contributed by atoms with Gasteiger partial charge in [-0.25, -0.2) is 4.52 Å². The molecule has 0 radical (unpaired) electrons. The molecule has 0 amide bonds. The van der Waals surface area contributed by atoms with Crippen molar-refractivity contribution in [3.8, 4) is 0 Å². The highest BCUT2D eigenvalue weighted by Crippen LogP contribution is 2.24. The largest absolute Gasteiger partial charge is 0.308 e. The third kappa shape index (κ3) is 1.60. The maximum absolute atomic E-state index is 4.37. The molecule has 3 heterocycles. The van der Waals surface area contributed by atoms with Crippen LogP contribution in [0.25, 0.3) is 5.52 Å². The zero-order valence-corrected chi connectivity index (χ0v) is 10.4. The number of rotatable bonds is 3. The first kappa shape index (κ1) is 11.0. The van der Waals surface area contributed by atoms with Crippen molar-refractivity contribution in [2.24, 2.45) is 7.05 Å². The molecular formula is C13H15N5. The maximum atomic E-state index is 4.37. The van der Waals surface area contributed by atoms with Crippen LogP contribution in [0.3, 0.4) is 0 Å². The number of pyridine rings is 1. The summed E-state index contributed by atoms with van der Waals surface area (Å²) in [4.78, 5) is 0. The summed E-state index contributed by atoms with van der Waals surface area (Å²) >= 11 is 0. The molecule has 0 spiro atoms. The quantitative estimate of drug-likeness (QED) is 0.753. The van der Waals surface area contributed by atoms with Gasteiger partial charge in [0.05, 0.1) is 23.4 Å². The zero-order chi connectivity index (χ0) is 12.5. The molecule has 92 valence electrons. The number of fused-ring (bicyclic) bond motifs is 1. The van der Waals surface area contributed by atoms with Gasteiger partial charge in [0.1, 0.15) is 0 Å². The van der Waals surface area contributed by atoms with Gasteiger partial charge in [-0.05, 0) is 25.2 Å². The van der Waals surface area contributed by atoms with E-state index in [9.17, 15) is 0 Å². The molecule has 5 heteroatoms. The Balaban J connectivity index is 2.15. The highest BCUT2D eigenvalue weighted by Gasteiger charge is 2.19. The fraction of sp³-hybridized carbons (Fsp3) is 0.231. The smallest absolute Gasteiger partial charge is 0.0782 e. The molecule has 0 aliphatic heterocycles. The van der Waals surface area contributed by atoms with Crippen LogP contribution in [0.1, 0.15) is 17.3 Å². The van der Waals surface area contributed by atoms with Crippen LogP contribution >= 0.6 is 0 Å². The van der Waals surface area contributed by atoms with Crippen molar-refractivity contribution in [2.45, 2.75) is 6.04 Å². The summed E-state index contributed by atoms with van der Waals surface area (Å²) in [5, 5.41) is 11.9. The van der Waals surface area contributed by atoms with Crippen molar-refractivity contribution in [1.82, 2.24) is 24.7 Å². The van der Waals surface area contributed by atoms with E-state index in [0.29, 0.717) is 0 Å². The third-order valence-electron chi connectivity index (χ3n) is 3.21. The number of hydrogen-bond acceptors (Lipinski definition) is 3. The van der Waals surface area contributed by atoms with Crippen LogP contribution in [-0.2, 0) is 7.05 Å². The number of nitrogens with zero attached hydrogens (tertiary/aromatic N) is 4. The van der Waals surface area contributed by atoms with Gasteiger partial charge < -0.3 is 5.32 Å². The average Bonchev–Trinajstić information content (AvgIpc) is 2.99. The van der Waals surface area contributed by atoms with Gasteiger partial charge in [-0.3, -0.25) is 4.68 Å². The minimum Gasteiger partial charge on any atom is -0.308 e. The highest BCUT2D eigenvalue weighted by molar-refractivity contribution is 5.56. The van der Waals surface area contributed by atoms with E-state index >= 15 is 0 Å². The molecular weight excluding hydrogens is 226 g/mol. The number of hydrogen-bond donors (Lipinski definition) is 1. The van der Waals surface area contributed by atoms with E-state index in [1.165, 1.54) is 0 Å². The topological polar surface area (TPSA) is 47.1 Å². The van der Waals surface area contributed by atoms with Gasteiger partial charge in [0, 0.05) is 25.0 Å². The second-order valence-electron chi connectivity index (χ2n) is 4.23. The van der Waals surface area contributed by atoms with Gasteiger partial charge in [-0.15, -0.1) is 0 Å². The molecule has 0 bridgehead atoms. The van der Waals surface area contributed by atoms with Crippen molar-refractivity contribution < 1.29 is 0 Å². The lowest BCUT2D eigenvalue weighted by Crippen LogP contribution is -2.20. The Labute approximate surface area is 105 Å². The van der Waals surface area contributed by atoms with Crippen molar-refractivity contribution in [2.75, 3.05) is 7.05 Å². The van der Waals surface area contributed by atoms with Gasteiger partial charge >= 0.3 is 0 Å². The number of aromatic nitrogens is 4. The summed E-state index contributed by atoms with van der Waals surface area (Å²) in [6.45, 7) is 0. The first-order valence-electron chi connectivity index (χ1n) is 5.88. The number of aryl methyl sites for hydroxylation is 1. The number of nitrogens with one attached hydrogen (secondary N) is 1. The monoisotopic (exact) mass is 241 g/mol. The van der Waals surface area contributed by atoms with E-state index in [-0.39, 0.29) is 6.04 Å². The van der Waals surface area contributed by atoms with Crippen LogP contribution in [0.15, 0.2) is 42.9 Å². The molecule has 1 N–H and O–H groups in total. The first-order chi connectivity index (χ1) is 8.81. The van der Waals surface area contributed by atoms with E-state index in [0.717, 1.165) is 16.8 Å². The van der Waals surface area contributed by atoms with E-state index in [4.69, 9.17) is 0 Å². The standard InChI is InChI=1S/C13H15N5/c1-14-13(12-6-7-15-17(12)2)10-9-16-18-8-4-3-5-11(10)18/h3-9,13-14H,1-2H3. The fourth-order valence-electron chi connectivity index (χ4n) is 2.31. The van der Waals surface area contributed by atoms with Crippen LogP contribution in [0.4, 0.5) is 0 Å². The Morgan fingerprint density at radius 3 is 2.83 bits per heavy atom. The Hall–Kier alpha value is -2.14. The second kappa shape index (κ2) is 4.27. The molecule has 0 aliphatic rings. The summed E-state index contributed by atoms with van der Waals surface area (Å²) in [5.41, 5.74) is 3.39. The molecule has 0 aromatic carbocycles. The average molecular weight is 241 g/mol. The van der Waals surface area contributed by atoms with Gasteiger partial charge in [0.15, 0.2) is 0 Å². The molecule has 18 heavy (non-hydrogen) atoms. The molecule has 0 saturated heterocycles. The molecule has 1 unspecified atom stereocenters. The fourth-order valence-corrected chi connectivity index (χ4v) is 2.31. The van der Waals surface area contributed by atoms with Gasteiger partial charge in [0.2, 0.25) is 0 Å². The van der Waals surface area contributed by atoms with Crippen molar-refractivity contribution in [1.29, 1.82) is 0 Å². The van der Waals surface area contributed by atoms with E-state index < -0.39 is 0 Å². The van der Waals surface area contributed by atoms with E-state index in [2.05, 4.69) is 21.6 Å². The van der Waals surface area contributed by atoms with Crippen LogP contribution in [-0.4, -0.2) is 26.4 Å². The van der Waals surface area contributed by atoms with Crippen LogP contribution in [0.5, 0.6) is 0 Å². The molecule has 3 rings (SSSR count). The summed E-state index contributed by atoms with van der Waals surface area (Å²) in [6.07, 6.45) is 5.67. The third-order valence-corrected chi connectivity index (χ3v) is 3.21. The maximum Gasteiger partial charge on any atom is 0.0782 e. The Bertz CT molecular complexity index is 667. The lowest BCUT2D eigenvalue weighted by Gasteiger charge is -2.15. The molecule has 0 fully saturated rings. The predicted molar refractivity (Wildman–Crippen MR) is 69.3 cm³/mol. The van der Waals surface area contributed by atoms with Crippen LogP contribution in [0, 0.1) is 0 Å². The SMILES string of the molecule is CNC(c1cnn2ccccc12)c1ccnn1C. The van der Waals surface area contributed by atoms with Crippen molar-refractivity contribution in [3.63, 3.8) is 0 Å². The zero-order valence-electron chi connectivity index (χ0n) is 10.4. The van der Waals surface area contributed by atoms with Crippen LogP contribution in [0.2, 0.25) is 0 Å². The van der Waals surface area contributed by atoms with Gasteiger partial charge in [-0.1, -0.05) is 6.07 Å². The Kier molecular flexibility index (Phi) is 2.60. The van der Waals surface area contributed by atoms with Crippen molar-refractivity contribution in [3.05, 3.63) is 54.1 Å². The molecule has 3 aromatic heterocycles. The molecule has 0 saturated carbocycles. The lowest BCUT2D eigenvalue weighted by atomic mass is 10.1. The molecule has 1 atom stereocenters. The second-order valence-corrected chi connectivity index (χ2v) is 4.23. The first-order valence-corrected chi connectivity index (χ1v) is 5.88. The minimum absolute atomic E-state index is 0.0948. The van der Waals surface area contributed by atoms with Crippen molar-refractivity contribution >= 4 is 5.52 Å². The van der Waals surface area contributed by atoms with Crippen LogP contribution < -0.4 is 5.32 Å². The molecule has 0 aliphatic carbocycles. The highest BCUT2D eigenvalue weighted by atomic mass is 15.3. The van der Waals surface area contributed by atoms with E-state index in [1.807, 2.05) is 60.1 Å². The minimum atomic E-state index is 0.0948. The molecule has 5 nitrogen and oxygen atoms in total. The summed E-state index contributed by atoms with van der Waals surface area (Å²) in [5.74, 6) is 0. The molecule has 3 aromatic rings. The van der Waals surface area contributed by atoms with Gasteiger partial charge in [0.25, 0.3) is 0 Å². The Morgan fingerprint density at radius 2 is 2.11 bits per heavy atom. The lowest BCUT2D eigenvalue weighted by molar-refractivity contribution is 0.609. The summed E-state index contributed by atoms with van der Waals surface area (Å²) < 4.78 is 3.77. The van der Waals surface area contributed by atoms with Gasteiger partial charge in [-0.2, -0.15) is 10.2 Å². The summed E-state index contributed by atoms with van der Waals surface area (Å²) in [6, 6.07) is 8.19.